The molecule has 3 rings (SSSR count). The zero-order chi connectivity index (χ0) is 21.8. The first-order valence-corrected chi connectivity index (χ1v) is 9.86. The van der Waals surface area contributed by atoms with Crippen LogP contribution in [0.25, 0.3) is 0 Å². The van der Waals surface area contributed by atoms with E-state index in [4.69, 9.17) is 0 Å². The second-order valence-corrected chi connectivity index (χ2v) is 7.76. The Kier molecular flexibility index (Phi) is 6.47. The third-order valence-corrected chi connectivity index (χ3v) is 5.30. The highest BCUT2D eigenvalue weighted by molar-refractivity contribution is 6.00. The second kappa shape index (κ2) is 9.04. The monoisotopic (exact) mass is 411 g/mol. The average molecular weight is 411 g/mol. The lowest BCUT2D eigenvalue weighted by atomic mass is 10.0. The van der Waals surface area contributed by atoms with Crippen LogP contribution in [0.3, 0.4) is 0 Å². The molecule has 0 unspecified atom stereocenters. The number of nitrogens with zero attached hydrogens (tertiary/aromatic N) is 2. The van der Waals surface area contributed by atoms with Crippen molar-refractivity contribution in [2.24, 2.45) is 5.92 Å². The summed E-state index contributed by atoms with van der Waals surface area (Å²) < 4.78 is 0. The van der Waals surface area contributed by atoms with Crippen molar-refractivity contribution in [2.75, 3.05) is 18.0 Å². The Morgan fingerprint density at radius 1 is 1.23 bits per heavy atom. The van der Waals surface area contributed by atoms with Crippen molar-refractivity contribution < 1.29 is 19.6 Å². The van der Waals surface area contributed by atoms with Gasteiger partial charge in [-0.05, 0) is 41.3 Å². The molecule has 2 atom stereocenters. The molecule has 1 aliphatic rings. The molecule has 0 aliphatic carbocycles. The molecular weight excluding hydrogens is 386 g/mol. The molecule has 158 valence electrons. The molecule has 2 N–H and O–H groups in total. The first kappa shape index (κ1) is 21.4. The summed E-state index contributed by atoms with van der Waals surface area (Å²) in [6.45, 7) is 4.42. The van der Waals surface area contributed by atoms with Crippen molar-refractivity contribution >= 4 is 23.2 Å². The fourth-order valence-electron chi connectivity index (χ4n) is 3.46. The maximum atomic E-state index is 12.5. The van der Waals surface area contributed by atoms with Crippen LogP contribution in [0.1, 0.15) is 43.4 Å². The SMILES string of the molecule is CC(C)c1cccc(N2C[C@H](C(=O)NC[C@H](O)c3ccc([N+](=O)[O-])cc3)CC2=O)c1. The molecule has 1 aliphatic heterocycles. The summed E-state index contributed by atoms with van der Waals surface area (Å²) >= 11 is 0. The van der Waals surface area contributed by atoms with Crippen LogP contribution in [0.5, 0.6) is 0 Å². The van der Waals surface area contributed by atoms with Gasteiger partial charge in [-0.2, -0.15) is 0 Å². The summed E-state index contributed by atoms with van der Waals surface area (Å²) in [6, 6.07) is 13.3. The van der Waals surface area contributed by atoms with Crippen molar-refractivity contribution in [1.82, 2.24) is 5.32 Å². The maximum Gasteiger partial charge on any atom is 0.269 e. The lowest BCUT2D eigenvalue weighted by Gasteiger charge is -2.19. The molecule has 2 aromatic carbocycles. The fourth-order valence-corrected chi connectivity index (χ4v) is 3.46. The number of carbonyl (C=O) groups excluding carboxylic acids is 2. The summed E-state index contributed by atoms with van der Waals surface area (Å²) in [4.78, 5) is 36.8. The normalized spacial score (nSPS) is 17.3. The molecule has 1 fully saturated rings. The number of rotatable bonds is 7. The molecule has 0 spiro atoms. The minimum absolute atomic E-state index is 0.0375. The van der Waals surface area contributed by atoms with Crippen LogP contribution in [-0.2, 0) is 9.59 Å². The smallest absolute Gasteiger partial charge is 0.269 e. The first-order valence-electron chi connectivity index (χ1n) is 9.86. The zero-order valence-corrected chi connectivity index (χ0v) is 16.9. The number of nitro benzene ring substituents is 1. The van der Waals surface area contributed by atoms with Gasteiger partial charge in [0.25, 0.3) is 5.69 Å². The van der Waals surface area contributed by atoms with Gasteiger partial charge in [0, 0.05) is 37.3 Å². The van der Waals surface area contributed by atoms with Gasteiger partial charge in [0.15, 0.2) is 0 Å². The highest BCUT2D eigenvalue weighted by Crippen LogP contribution is 2.28. The largest absolute Gasteiger partial charge is 0.387 e. The van der Waals surface area contributed by atoms with E-state index in [1.54, 1.807) is 4.90 Å². The highest BCUT2D eigenvalue weighted by Gasteiger charge is 2.35. The van der Waals surface area contributed by atoms with Gasteiger partial charge in [0.1, 0.15) is 0 Å². The molecule has 8 heteroatoms. The minimum atomic E-state index is -0.995. The second-order valence-electron chi connectivity index (χ2n) is 7.76. The quantitative estimate of drug-likeness (QED) is 0.537. The van der Waals surface area contributed by atoms with Crippen molar-refractivity contribution in [1.29, 1.82) is 0 Å². The van der Waals surface area contributed by atoms with Crippen molar-refractivity contribution in [3.05, 3.63) is 69.8 Å². The Hall–Kier alpha value is -3.26. The number of anilines is 1. The summed E-state index contributed by atoms with van der Waals surface area (Å²) in [5.74, 6) is -0.564. The zero-order valence-electron chi connectivity index (χ0n) is 16.9. The summed E-state index contributed by atoms with van der Waals surface area (Å²) in [5, 5.41) is 23.6. The molecule has 0 saturated carbocycles. The molecule has 8 nitrogen and oxygen atoms in total. The van der Waals surface area contributed by atoms with Gasteiger partial charge in [0.05, 0.1) is 16.9 Å². The Bertz CT molecular complexity index is 942. The molecule has 30 heavy (non-hydrogen) atoms. The number of aliphatic hydroxyl groups excluding tert-OH is 1. The Balaban J connectivity index is 1.58. The number of hydrogen-bond acceptors (Lipinski definition) is 5. The van der Waals surface area contributed by atoms with E-state index in [9.17, 15) is 24.8 Å². The van der Waals surface area contributed by atoms with Gasteiger partial charge in [-0.25, -0.2) is 0 Å². The number of hydrogen-bond donors (Lipinski definition) is 2. The van der Waals surface area contributed by atoms with Crippen LogP contribution in [0, 0.1) is 16.0 Å². The number of benzene rings is 2. The van der Waals surface area contributed by atoms with Gasteiger partial charge >= 0.3 is 0 Å². The summed E-state index contributed by atoms with van der Waals surface area (Å²) in [6.07, 6.45) is -0.878. The van der Waals surface area contributed by atoms with E-state index in [0.717, 1.165) is 11.3 Å². The predicted octanol–water partition coefficient (Wildman–Crippen LogP) is 2.92. The number of amides is 2. The van der Waals surface area contributed by atoms with Gasteiger partial charge in [-0.15, -0.1) is 0 Å². The number of nitro groups is 1. The third-order valence-electron chi connectivity index (χ3n) is 5.30. The van der Waals surface area contributed by atoms with E-state index < -0.39 is 16.9 Å². The molecule has 0 radical (unpaired) electrons. The molecule has 1 heterocycles. The molecule has 0 aromatic heterocycles. The van der Waals surface area contributed by atoms with Crippen LogP contribution in [0.2, 0.25) is 0 Å². The van der Waals surface area contributed by atoms with Crippen LogP contribution in [0.4, 0.5) is 11.4 Å². The molecule has 1 saturated heterocycles. The third kappa shape index (κ3) is 4.83. The highest BCUT2D eigenvalue weighted by atomic mass is 16.6. The Morgan fingerprint density at radius 2 is 1.93 bits per heavy atom. The standard InChI is InChI=1S/C22H25N3O5/c1-14(2)16-4-3-5-19(10-16)24-13-17(11-21(24)27)22(28)23-12-20(26)15-6-8-18(9-7-15)25(29)30/h3-10,14,17,20,26H,11-13H2,1-2H3,(H,23,28)/t17-,20+/m1/s1. The molecule has 0 bridgehead atoms. The van der Waals surface area contributed by atoms with Crippen molar-refractivity contribution in [2.45, 2.75) is 32.3 Å². The predicted molar refractivity (Wildman–Crippen MR) is 112 cm³/mol. The van der Waals surface area contributed by atoms with Crippen molar-refractivity contribution in [3.8, 4) is 0 Å². The minimum Gasteiger partial charge on any atom is -0.387 e. The molecule has 2 aromatic rings. The van der Waals surface area contributed by atoms with Gasteiger partial charge in [0.2, 0.25) is 11.8 Å². The van der Waals surface area contributed by atoms with Gasteiger partial charge in [-0.1, -0.05) is 26.0 Å². The number of nitrogens with one attached hydrogen (secondary N) is 1. The van der Waals surface area contributed by atoms with Crippen LogP contribution >= 0.6 is 0 Å². The van der Waals surface area contributed by atoms with E-state index >= 15 is 0 Å². The number of aliphatic hydroxyl groups is 1. The van der Waals surface area contributed by atoms with Gasteiger partial charge < -0.3 is 15.3 Å². The van der Waals surface area contributed by atoms with E-state index in [-0.39, 0.29) is 30.5 Å². The van der Waals surface area contributed by atoms with E-state index in [1.807, 2.05) is 24.3 Å². The fraction of sp³-hybridized carbons (Fsp3) is 0.364. The van der Waals surface area contributed by atoms with Crippen LogP contribution < -0.4 is 10.2 Å². The van der Waals surface area contributed by atoms with Crippen LogP contribution in [0.15, 0.2) is 48.5 Å². The summed E-state index contributed by atoms with van der Waals surface area (Å²) in [5.41, 5.74) is 2.31. The maximum absolute atomic E-state index is 12.5. The number of carbonyl (C=O) groups is 2. The molecular formula is C22H25N3O5. The van der Waals surface area contributed by atoms with Gasteiger partial charge in [-0.3, -0.25) is 19.7 Å². The lowest BCUT2D eigenvalue weighted by molar-refractivity contribution is -0.384. The van der Waals surface area contributed by atoms with Crippen LogP contribution in [-0.4, -0.2) is 34.9 Å². The number of non-ortho nitro benzene ring substituents is 1. The first-order chi connectivity index (χ1) is 14.3. The summed E-state index contributed by atoms with van der Waals surface area (Å²) in [7, 11) is 0. The Labute approximate surface area is 174 Å². The van der Waals surface area contributed by atoms with E-state index in [0.29, 0.717) is 18.0 Å². The van der Waals surface area contributed by atoms with Crippen molar-refractivity contribution in [3.63, 3.8) is 0 Å². The van der Waals surface area contributed by atoms with E-state index in [2.05, 4.69) is 19.2 Å². The van der Waals surface area contributed by atoms with E-state index in [1.165, 1.54) is 24.3 Å². The average Bonchev–Trinajstić information content (AvgIpc) is 3.13. The molecule has 2 amide bonds. The lowest BCUT2D eigenvalue weighted by Crippen LogP contribution is -2.35. The topological polar surface area (TPSA) is 113 Å². The Morgan fingerprint density at radius 3 is 2.57 bits per heavy atom.